The minimum atomic E-state index is -0.556. The van der Waals surface area contributed by atoms with Crippen molar-refractivity contribution in [1.82, 2.24) is 0 Å². The Morgan fingerprint density at radius 2 is 1.52 bits per heavy atom. The standard InChI is InChI=1S/C16H18FNO3/c1-19-12-6-10(7-13(9-12)20-2)16(18)14-8-11(17)4-5-15(14)21-3/h4-9,16H,18H2,1-3H3. The first-order valence-corrected chi connectivity index (χ1v) is 6.41. The normalized spacial score (nSPS) is 11.9. The molecule has 0 aliphatic rings. The van der Waals surface area contributed by atoms with Gasteiger partial charge < -0.3 is 19.9 Å². The molecule has 0 saturated heterocycles. The van der Waals surface area contributed by atoms with Crippen LogP contribution in [0.15, 0.2) is 36.4 Å². The lowest BCUT2D eigenvalue weighted by molar-refractivity contribution is 0.392. The molecule has 5 heteroatoms. The molecular formula is C16H18FNO3. The second-order valence-electron chi connectivity index (χ2n) is 4.51. The number of hydrogen-bond acceptors (Lipinski definition) is 4. The summed E-state index contributed by atoms with van der Waals surface area (Å²) in [6, 6.07) is 9.03. The predicted molar refractivity (Wildman–Crippen MR) is 78.5 cm³/mol. The highest BCUT2D eigenvalue weighted by Gasteiger charge is 2.17. The lowest BCUT2D eigenvalue weighted by atomic mass is 9.98. The number of nitrogens with two attached hydrogens (primary N) is 1. The molecule has 2 N–H and O–H groups in total. The van der Waals surface area contributed by atoms with Crippen LogP contribution in [0.1, 0.15) is 17.2 Å². The van der Waals surface area contributed by atoms with Crippen molar-refractivity contribution in [3.8, 4) is 17.2 Å². The summed E-state index contributed by atoms with van der Waals surface area (Å²) in [5.41, 5.74) is 7.56. The van der Waals surface area contributed by atoms with Gasteiger partial charge >= 0.3 is 0 Å². The third-order valence-corrected chi connectivity index (χ3v) is 3.26. The number of ether oxygens (including phenoxy) is 3. The van der Waals surface area contributed by atoms with Crippen molar-refractivity contribution in [2.75, 3.05) is 21.3 Å². The van der Waals surface area contributed by atoms with E-state index in [-0.39, 0.29) is 5.82 Å². The van der Waals surface area contributed by atoms with Crippen molar-refractivity contribution in [3.05, 3.63) is 53.3 Å². The third kappa shape index (κ3) is 3.25. The van der Waals surface area contributed by atoms with E-state index in [0.717, 1.165) is 5.56 Å². The molecule has 1 atom stereocenters. The molecule has 0 aromatic heterocycles. The molecule has 0 aliphatic heterocycles. The van der Waals surface area contributed by atoms with Crippen LogP contribution in [-0.4, -0.2) is 21.3 Å². The molecule has 1 unspecified atom stereocenters. The van der Waals surface area contributed by atoms with Gasteiger partial charge in [0.1, 0.15) is 23.1 Å². The fraction of sp³-hybridized carbons (Fsp3) is 0.250. The molecule has 0 radical (unpaired) electrons. The van der Waals surface area contributed by atoms with Crippen LogP contribution in [0.25, 0.3) is 0 Å². The lowest BCUT2D eigenvalue weighted by Gasteiger charge is -2.18. The van der Waals surface area contributed by atoms with E-state index in [0.29, 0.717) is 22.8 Å². The first-order valence-electron chi connectivity index (χ1n) is 6.41. The second kappa shape index (κ2) is 6.45. The van der Waals surface area contributed by atoms with Gasteiger partial charge in [0.05, 0.1) is 27.4 Å². The second-order valence-corrected chi connectivity index (χ2v) is 4.51. The van der Waals surface area contributed by atoms with E-state index in [4.69, 9.17) is 19.9 Å². The highest BCUT2D eigenvalue weighted by molar-refractivity contribution is 5.46. The van der Waals surface area contributed by atoms with Crippen LogP contribution in [0, 0.1) is 5.82 Å². The molecule has 112 valence electrons. The van der Waals surface area contributed by atoms with Crippen LogP contribution in [0.4, 0.5) is 4.39 Å². The van der Waals surface area contributed by atoms with Gasteiger partial charge in [-0.3, -0.25) is 0 Å². The molecular weight excluding hydrogens is 273 g/mol. The van der Waals surface area contributed by atoms with Gasteiger partial charge in [-0.2, -0.15) is 0 Å². The minimum absolute atomic E-state index is 0.365. The first kappa shape index (κ1) is 15.1. The van der Waals surface area contributed by atoms with Gasteiger partial charge in [0.2, 0.25) is 0 Å². The van der Waals surface area contributed by atoms with Gasteiger partial charge in [0.25, 0.3) is 0 Å². The van der Waals surface area contributed by atoms with Crippen LogP contribution in [-0.2, 0) is 0 Å². The van der Waals surface area contributed by atoms with E-state index >= 15 is 0 Å². The maximum absolute atomic E-state index is 13.5. The summed E-state index contributed by atoms with van der Waals surface area (Å²) in [4.78, 5) is 0. The van der Waals surface area contributed by atoms with Crippen molar-refractivity contribution in [1.29, 1.82) is 0 Å². The predicted octanol–water partition coefficient (Wildman–Crippen LogP) is 2.90. The average Bonchev–Trinajstić information content (AvgIpc) is 2.53. The molecule has 0 fully saturated rings. The van der Waals surface area contributed by atoms with Crippen molar-refractivity contribution in [2.24, 2.45) is 5.73 Å². The monoisotopic (exact) mass is 291 g/mol. The Hall–Kier alpha value is -2.27. The molecule has 2 aromatic rings. The Labute approximate surface area is 123 Å². The maximum Gasteiger partial charge on any atom is 0.124 e. The average molecular weight is 291 g/mol. The summed E-state index contributed by atoms with van der Waals surface area (Å²) in [5, 5.41) is 0. The third-order valence-electron chi connectivity index (χ3n) is 3.26. The maximum atomic E-state index is 13.5. The summed E-state index contributed by atoms with van der Waals surface area (Å²) in [5.74, 6) is 1.41. The molecule has 2 rings (SSSR count). The van der Waals surface area contributed by atoms with Crippen molar-refractivity contribution in [2.45, 2.75) is 6.04 Å². The Balaban J connectivity index is 2.48. The van der Waals surface area contributed by atoms with E-state index in [9.17, 15) is 4.39 Å². The number of benzene rings is 2. The molecule has 21 heavy (non-hydrogen) atoms. The minimum Gasteiger partial charge on any atom is -0.497 e. The zero-order valence-electron chi connectivity index (χ0n) is 12.2. The Morgan fingerprint density at radius 3 is 2.05 bits per heavy atom. The number of methoxy groups -OCH3 is 3. The zero-order chi connectivity index (χ0) is 15.4. The van der Waals surface area contributed by atoms with Crippen molar-refractivity contribution < 1.29 is 18.6 Å². The summed E-state index contributed by atoms with van der Waals surface area (Å²) in [6.45, 7) is 0. The molecule has 0 amide bonds. The van der Waals surface area contributed by atoms with Gasteiger partial charge in [-0.1, -0.05) is 0 Å². The Kier molecular flexibility index (Phi) is 4.65. The van der Waals surface area contributed by atoms with Crippen LogP contribution >= 0.6 is 0 Å². The van der Waals surface area contributed by atoms with E-state index in [1.54, 1.807) is 38.5 Å². The SMILES string of the molecule is COc1cc(OC)cc(C(N)c2cc(F)ccc2OC)c1. The van der Waals surface area contributed by atoms with Crippen LogP contribution in [0.5, 0.6) is 17.2 Å². The lowest BCUT2D eigenvalue weighted by Crippen LogP contribution is -2.13. The van der Waals surface area contributed by atoms with Crippen LogP contribution < -0.4 is 19.9 Å². The number of rotatable bonds is 5. The van der Waals surface area contributed by atoms with E-state index in [1.807, 2.05) is 0 Å². The van der Waals surface area contributed by atoms with Gasteiger partial charge in [0.15, 0.2) is 0 Å². The Morgan fingerprint density at radius 1 is 0.905 bits per heavy atom. The van der Waals surface area contributed by atoms with Gasteiger partial charge in [-0.25, -0.2) is 4.39 Å². The first-order chi connectivity index (χ1) is 10.1. The van der Waals surface area contributed by atoms with Gasteiger partial charge in [-0.15, -0.1) is 0 Å². The molecule has 4 nitrogen and oxygen atoms in total. The smallest absolute Gasteiger partial charge is 0.124 e. The fourth-order valence-corrected chi connectivity index (χ4v) is 2.14. The van der Waals surface area contributed by atoms with E-state index in [1.165, 1.54) is 19.2 Å². The quantitative estimate of drug-likeness (QED) is 0.920. The van der Waals surface area contributed by atoms with E-state index in [2.05, 4.69) is 0 Å². The summed E-state index contributed by atoms with van der Waals surface area (Å²) >= 11 is 0. The molecule has 2 aromatic carbocycles. The highest BCUT2D eigenvalue weighted by atomic mass is 19.1. The zero-order valence-corrected chi connectivity index (χ0v) is 12.2. The molecule has 0 aliphatic carbocycles. The summed E-state index contributed by atoms with van der Waals surface area (Å²) < 4.78 is 29.2. The van der Waals surface area contributed by atoms with Crippen LogP contribution in [0.2, 0.25) is 0 Å². The Bertz CT molecular complexity index is 609. The molecule has 0 bridgehead atoms. The highest BCUT2D eigenvalue weighted by Crippen LogP contribution is 2.33. The largest absolute Gasteiger partial charge is 0.497 e. The van der Waals surface area contributed by atoms with Crippen molar-refractivity contribution in [3.63, 3.8) is 0 Å². The topological polar surface area (TPSA) is 53.7 Å². The van der Waals surface area contributed by atoms with Gasteiger partial charge in [0, 0.05) is 11.6 Å². The van der Waals surface area contributed by atoms with Crippen molar-refractivity contribution >= 4 is 0 Å². The molecule has 0 spiro atoms. The summed E-state index contributed by atoms with van der Waals surface area (Å²) in [6.07, 6.45) is 0. The fourth-order valence-electron chi connectivity index (χ4n) is 2.14. The van der Waals surface area contributed by atoms with Gasteiger partial charge in [-0.05, 0) is 35.9 Å². The molecule has 0 heterocycles. The number of halogens is 1. The molecule has 0 saturated carbocycles. The summed E-state index contributed by atoms with van der Waals surface area (Å²) in [7, 11) is 4.65. The van der Waals surface area contributed by atoms with Crippen LogP contribution in [0.3, 0.4) is 0 Å². The number of hydrogen-bond donors (Lipinski definition) is 1. The van der Waals surface area contributed by atoms with E-state index < -0.39 is 6.04 Å².